The summed E-state index contributed by atoms with van der Waals surface area (Å²) in [7, 11) is 1.70. The van der Waals surface area contributed by atoms with Crippen LogP contribution in [0.2, 0.25) is 0 Å². The van der Waals surface area contributed by atoms with E-state index in [1.165, 1.54) is 0 Å². The van der Waals surface area contributed by atoms with E-state index in [0.29, 0.717) is 44.2 Å². The van der Waals surface area contributed by atoms with Crippen LogP contribution in [0.25, 0.3) is 0 Å². The molecular formula is C14H23N3O2. The summed E-state index contributed by atoms with van der Waals surface area (Å²) >= 11 is 0. The summed E-state index contributed by atoms with van der Waals surface area (Å²) in [6.45, 7) is 5.98. The minimum atomic E-state index is -0.00366. The zero-order valence-electron chi connectivity index (χ0n) is 12.1. The van der Waals surface area contributed by atoms with Gasteiger partial charge in [-0.15, -0.1) is 0 Å². The Morgan fingerprint density at radius 2 is 2.26 bits per heavy atom. The van der Waals surface area contributed by atoms with Gasteiger partial charge in [-0.3, -0.25) is 9.59 Å². The number of rotatable bonds is 6. The zero-order chi connectivity index (χ0) is 14.4. The largest absolute Gasteiger partial charge is 0.345 e. The fourth-order valence-electron chi connectivity index (χ4n) is 2.23. The van der Waals surface area contributed by atoms with Gasteiger partial charge in [0, 0.05) is 39.5 Å². The van der Waals surface area contributed by atoms with Crippen molar-refractivity contribution in [2.75, 3.05) is 26.7 Å². The van der Waals surface area contributed by atoms with Crippen LogP contribution in [-0.4, -0.2) is 48.3 Å². The van der Waals surface area contributed by atoms with Gasteiger partial charge in [0.25, 0.3) is 0 Å². The molecule has 1 unspecified atom stereocenters. The summed E-state index contributed by atoms with van der Waals surface area (Å²) in [5, 5.41) is 8.47. The quantitative estimate of drug-likeness (QED) is 0.726. The van der Waals surface area contributed by atoms with Crippen molar-refractivity contribution >= 4 is 11.8 Å². The van der Waals surface area contributed by atoms with Crippen LogP contribution in [0.15, 0.2) is 0 Å². The van der Waals surface area contributed by atoms with E-state index in [9.17, 15) is 9.59 Å². The predicted octanol–water partition coefficient (Wildman–Crippen LogP) is 1.25. The van der Waals surface area contributed by atoms with Gasteiger partial charge in [-0.05, 0) is 11.8 Å². The molecule has 2 amide bonds. The van der Waals surface area contributed by atoms with Gasteiger partial charge >= 0.3 is 0 Å². The van der Waals surface area contributed by atoms with Crippen LogP contribution in [0.1, 0.15) is 33.1 Å². The molecule has 106 valence electrons. The number of carbonyl (C=O) groups excluding carboxylic acids is 2. The lowest BCUT2D eigenvalue weighted by Crippen LogP contribution is -2.33. The lowest BCUT2D eigenvalue weighted by Gasteiger charge is -2.20. The first kappa shape index (κ1) is 15.5. The molecule has 1 heterocycles. The normalized spacial score (nSPS) is 18.8. The van der Waals surface area contributed by atoms with Gasteiger partial charge in [0.15, 0.2) is 0 Å². The SMILES string of the molecule is CC(C)C1CC(=O)N(CCC(=O)N(C)CCC#N)C1. The molecular weight excluding hydrogens is 242 g/mol. The Kier molecular flexibility index (Phi) is 5.81. The van der Waals surface area contributed by atoms with E-state index in [1.807, 2.05) is 6.07 Å². The van der Waals surface area contributed by atoms with Gasteiger partial charge < -0.3 is 9.80 Å². The lowest BCUT2D eigenvalue weighted by molar-refractivity contribution is -0.131. The Morgan fingerprint density at radius 3 is 2.79 bits per heavy atom. The van der Waals surface area contributed by atoms with E-state index in [2.05, 4.69) is 13.8 Å². The summed E-state index contributed by atoms with van der Waals surface area (Å²) in [6, 6.07) is 2.02. The van der Waals surface area contributed by atoms with Crippen LogP contribution in [0, 0.1) is 23.2 Å². The molecule has 1 aliphatic rings. The molecule has 1 atom stereocenters. The van der Waals surface area contributed by atoms with Gasteiger partial charge in [-0.1, -0.05) is 13.8 Å². The monoisotopic (exact) mass is 265 g/mol. The van der Waals surface area contributed by atoms with E-state index in [1.54, 1.807) is 16.8 Å². The maximum absolute atomic E-state index is 11.8. The molecule has 0 spiro atoms. The molecule has 0 bridgehead atoms. The highest BCUT2D eigenvalue weighted by molar-refractivity contribution is 5.80. The fourth-order valence-corrected chi connectivity index (χ4v) is 2.23. The second-order valence-electron chi connectivity index (χ2n) is 5.52. The molecule has 19 heavy (non-hydrogen) atoms. The molecule has 0 N–H and O–H groups in total. The summed E-state index contributed by atoms with van der Waals surface area (Å²) in [4.78, 5) is 27.0. The molecule has 0 aromatic rings. The van der Waals surface area contributed by atoms with E-state index < -0.39 is 0 Å². The number of nitriles is 1. The van der Waals surface area contributed by atoms with Crippen LogP contribution in [0.4, 0.5) is 0 Å². The van der Waals surface area contributed by atoms with Gasteiger partial charge in [0.2, 0.25) is 11.8 Å². The van der Waals surface area contributed by atoms with Crippen molar-refractivity contribution in [3.05, 3.63) is 0 Å². The highest BCUT2D eigenvalue weighted by Gasteiger charge is 2.31. The first-order chi connectivity index (χ1) is 8.95. The van der Waals surface area contributed by atoms with E-state index in [0.717, 1.165) is 6.54 Å². The zero-order valence-corrected chi connectivity index (χ0v) is 12.1. The Hall–Kier alpha value is -1.57. The van der Waals surface area contributed by atoms with E-state index >= 15 is 0 Å². The van der Waals surface area contributed by atoms with Gasteiger partial charge in [0.05, 0.1) is 12.5 Å². The minimum absolute atomic E-state index is 0.00366. The highest BCUT2D eigenvalue weighted by atomic mass is 16.2. The van der Waals surface area contributed by atoms with E-state index in [-0.39, 0.29) is 11.8 Å². The standard InChI is InChI=1S/C14H23N3O2/c1-11(2)12-9-14(19)17(10-12)8-5-13(18)16(3)7-4-6-15/h11-12H,4-5,7-10H2,1-3H3. The second-order valence-corrected chi connectivity index (χ2v) is 5.52. The van der Waals surface area contributed by atoms with Gasteiger partial charge in [-0.25, -0.2) is 0 Å². The molecule has 0 aromatic carbocycles. The molecule has 1 fully saturated rings. The third-order valence-corrected chi connectivity index (χ3v) is 3.77. The smallest absolute Gasteiger partial charge is 0.224 e. The van der Waals surface area contributed by atoms with Crippen molar-refractivity contribution in [1.82, 2.24) is 9.80 Å². The predicted molar refractivity (Wildman–Crippen MR) is 72.0 cm³/mol. The van der Waals surface area contributed by atoms with Crippen LogP contribution in [0.5, 0.6) is 0 Å². The third kappa shape index (κ3) is 4.55. The molecule has 0 radical (unpaired) electrons. The molecule has 1 rings (SSSR count). The molecule has 1 saturated heterocycles. The molecule has 0 aliphatic carbocycles. The third-order valence-electron chi connectivity index (χ3n) is 3.77. The van der Waals surface area contributed by atoms with Crippen LogP contribution in [-0.2, 0) is 9.59 Å². The second kappa shape index (κ2) is 7.13. The van der Waals surface area contributed by atoms with Gasteiger partial charge in [-0.2, -0.15) is 5.26 Å². The molecule has 0 saturated carbocycles. The molecule has 5 heteroatoms. The van der Waals surface area contributed by atoms with Crippen molar-refractivity contribution < 1.29 is 9.59 Å². The summed E-state index contributed by atoms with van der Waals surface area (Å²) < 4.78 is 0. The molecule has 1 aliphatic heterocycles. The molecule has 0 aromatic heterocycles. The van der Waals surface area contributed by atoms with Crippen molar-refractivity contribution in [2.45, 2.75) is 33.1 Å². The van der Waals surface area contributed by atoms with Crippen molar-refractivity contribution in [3.63, 3.8) is 0 Å². The Bertz CT molecular complexity index is 373. The Labute approximate surface area is 115 Å². The number of hydrogen-bond acceptors (Lipinski definition) is 3. The summed E-state index contributed by atoms with van der Waals surface area (Å²) in [6.07, 6.45) is 1.30. The first-order valence-corrected chi connectivity index (χ1v) is 6.84. The lowest BCUT2D eigenvalue weighted by atomic mass is 9.95. The Balaban J connectivity index is 2.35. The van der Waals surface area contributed by atoms with E-state index in [4.69, 9.17) is 5.26 Å². The van der Waals surface area contributed by atoms with Crippen molar-refractivity contribution in [1.29, 1.82) is 5.26 Å². The van der Waals surface area contributed by atoms with Crippen LogP contribution < -0.4 is 0 Å². The Morgan fingerprint density at radius 1 is 1.58 bits per heavy atom. The fraction of sp³-hybridized carbons (Fsp3) is 0.786. The average molecular weight is 265 g/mol. The topological polar surface area (TPSA) is 64.4 Å². The number of hydrogen-bond donors (Lipinski definition) is 0. The maximum Gasteiger partial charge on any atom is 0.224 e. The number of amides is 2. The van der Waals surface area contributed by atoms with Crippen LogP contribution >= 0.6 is 0 Å². The molecule has 5 nitrogen and oxygen atoms in total. The number of carbonyl (C=O) groups is 2. The van der Waals surface area contributed by atoms with Crippen molar-refractivity contribution in [2.24, 2.45) is 11.8 Å². The highest BCUT2D eigenvalue weighted by Crippen LogP contribution is 2.24. The maximum atomic E-state index is 11.8. The number of nitrogens with zero attached hydrogens (tertiary/aromatic N) is 3. The average Bonchev–Trinajstić information content (AvgIpc) is 2.74. The van der Waals surface area contributed by atoms with Gasteiger partial charge in [0.1, 0.15) is 0 Å². The summed E-state index contributed by atoms with van der Waals surface area (Å²) in [5.41, 5.74) is 0. The van der Waals surface area contributed by atoms with Crippen LogP contribution in [0.3, 0.4) is 0 Å². The minimum Gasteiger partial charge on any atom is -0.345 e. The van der Waals surface area contributed by atoms with Crippen molar-refractivity contribution in [3.8, 4) is 6.07 Å². The summed E-state index contributed by atoms with van der Waals surface area (Å²) in [5.74, 6) is 1.07. The first-order valence-electron chi connectivity index (χ1n) is 6.84. The number of likely N-dealkylation sites (tertiary alicyclic amines) is 1.